The number of benzene rings is 3. The monoisotopic (exact) mass is 634 g/mol. The number of fused-ring (bicyclic) bond motifs is 2. The predicted molar refractivity (Wildman–Crippen MR) is 166 cm³/mol. The van der Waals surface area contributed by atoms with Crippen molar-refractivity contribution >= 4 is 39.3 Å². The minimum absolute atomic E-state index is 0.00263. The van der Waals surface area contributed by atoms with Gasteiger partial charge in [0.2, 0.25) is 5.88 Å². The van der Waals surface area contributed by atoms with Gasteiger partial charge in [-0.15, -0.1) is 0 Å². The summed E-state index contributed by atoms with van der Waals surface area (Å²) in [4.78, 5) is 23.4. The van der Waals surface area contributed by atoms with E-state index < -0.39 is 33.3 Å². The summed E-state index contributed by atoms with van der Waals surface area (Å²) in [6.45, 7) is 6.29. The fourth-order valence-electron chi connectivity index (χ4n) is 4.90. The number of rotatable bonds is 5. The number of primary amides is 1. The second kappa shape index (κ2) is 12.1. The highest BCUT2D eigenvalue weighted by Gasteiger charge is 2.34. The number of carbonyl (C=O) groups is 2. The average molecular weight is 635 g/mol. The molecule has 3 heterocycles. The third-order valence-electron chi connectivity index (χ3n) is 7.14. The molecule has 10 nitrogen and oxygen atoms in total. The first-order valence-electron chi connectivity index (χ1n) is 13.9. The molecule has 2 aliphatic rings. The Morgan fingerprint density at radius 1 is 1.07 bits per heavy atom. The number of aromatic nitrogens is 2. The molecule has 0 saturated carbocycles. The Kier molecular flexibility index (Phi) is 8.42. The normalized spacial score (nSPS) is 14.9. The summed E-state index contributed by atoms with van der Waals surface area (Å²) in [6.07, 6.45) is 1.17. The van der Waals surface area contributed by atoms with Crippen LogP contribution in [0.3, 0.4) is 0 Å². The molecule has 0 radical (unpaired) electrons. The van der Waals surface area contributed by atoms with Gasteiger partial charge in [0.05, 0.1) is 40.6 Å². The van der Waals surface area contributed by atoms with Gasteiger partial charge >= 0.3 is 17.8 Å². The van der Waals surface area contributed by atoms with Gasteiger partial charge in [0.1, 0.15) is 22.9 Å². The number of nitrogens with two attached hydrogens (primary N) is 1. The average Bonchev–Trinajstić information content (AvgIpc) is 3.27. The number of amides is 2. The zero-order chi connectivity index (χ0) is 32.5. The number of anilines is 1. The molecule has 1 aromatic heterocycles. The van der Waals surface area contributed by atoms with Crippen LogP contribution in [0.2, 0.25) is 0 Å². The third-order valence-corrected chi connectivity index (χ3v) is 8.87. The molecule has 0 unspecified atom stereocenters. The van der Waals surface area contributed by atoms with Crippen LogP contribution in [0.5, 0.6) is 5.88 Å². The van der Waals surface area contributed by atoms with E-state index in [2.05, 4.69) is 15.1 Å². The Bertz CT molecular complexity index is 2000. The number of halogens is 2. The van der Waals surface area contributed by atoms with Crippen molar-refractivity contribution in [2.45, 2.75) is 32.2 Å². The maximum absolute atomic E-state index is 14.7. The van der Waals surface area contributed by atoms with E-state index in [9.17, 15) is 26.8 Å². The van der Waals surface area contributed by atoms with Gasteiger partial charge in [0.25, 0.3) is 5.91 Å². The van der Waals surface area contributed by atoms with Crippen molar-refractivity contribution in [3.63, 3.8) is 0 Å². The van der Waals surface area contributed by atoms with Gasteiger partial charge in [0.15, 0.2) is 9.84 Å². The van der Waals surface area contributed by atoms with Gasteiger partial charge in [-0.25, -0.2) is 21.9 Å². The van der Waals surface area contributed by atoms with Crippen molar-refractivity contribution in [3.05, 3.63) is 95.1 Å². The highest BCUT2D eigenvalue weighted by molar-refractivity contribution is 7.91. The molecule has 0 fully saturated rings. The van der Waals surface area contributed by atoms with Crippen LogP contribution in [0.4, 0.5) is 14.5 Å². The maximum Gasteiger partial charge on any atom is 0.357 e. The second-order valence-electron chi connectivity index (χ2n) is 11.2. The summed E-state index contributed by atoms with van der Waals surface area (Å²) in [6, 6.07) is 17.6. The predicted octanol–water partition coefficient (Wildman–Crippen LogP) is 3.75. The molecule has 0 bridgehead atoms. The maximum atomic E-state index is 14.7. The van der Waals surface area contributed by atoms with Crippen molar-refractivity contribution in [2.24, 2.45) is 11.1 Å². The Morgan fingerprint density at radius 2 is 1.80 bits per heavy atom. The van der Waals surface area contributed by atoms with Gasteiger partial charge in [-0.2, -0.15) is 5.10 Å². The van der Waals surface area contributed by atoms with Crippen molar-refractivity contribution in [2.75, 3.05) is 17.7 Å². The van der Waals surface area contributed by atoms with E-state index in [1.54, 1.807) is 12.1 Å². The molecule has 0 aliphatic carbocycles. The van der Waals surface area contributed by atoms with Crippen LogP contribution < -0.4 is 20.5 Å². The van der Waals surface area contributed by atoms with Crippen LogP contribution in [0, 0.1) is 17.0 Å². The van der Waals surface area contributed by atoms with Crippen LogP contribution in [0.25, 0.3) is 11.3 Å². The van der Waals surface area contributed by atoms with Crippen LogP contribution in [-0.4, -0.2) is 54.3 Å². The minimum Gasteiger partial charge on any atom is -0.477 e. The quantitative estimate of drug-likeness (QED) is 0.320. The Labute approximate surface area is 258 Å². The molecular weight excluding hydrogens is 604 g/mol. The Hall–Kier alpha value is -5.13. The summed E-state index contributed by atoms with van der Waals surface area (Å²) >= 11 is 0. The lowest BCUT2D eigenvalue weighted by Gasteiger charge is -2.30. The summed E-state index contributed by atoms with van der Waals surface area (Å²) in [7, 11) is -3.55. The van der Waals surface area contributed by atoms with E-state index in [1.165, 1.54) is 36.0 Å². The highest BCUT2D eigenvalue weighted by atomic mass is 32.2. The lowest BCUT2D eigenvalue weighted by molar-refractivity contribution is -0.110. The summed E-state index contributed by atoms with van der Waals surface area (Å²) in [5.41, 5.74) is 7.46. The topological polar surface area (TPSA) is 147 Å². The SMILES string of the molecule is CCS(=O)(=O)c1ccc(-c2nn3c(c2C(N)=O)OCC(C)(C)C3)c(F)c1.O=C1C=[N+]=C(c2ccccc2)c2cccc(F)c2N1. The van der Waals surface area contributed by atoms with E-state index in [1.807, 2.05) is 44.2 Å². The van der Waals surface area contributed by atoms with Gasteiger partial charge in [-0.1, -0.05) is 49.7 Å². The standard InChI is InChI=1S/C17H20FN3O4S.C15H9FN2O/c1-4-26(23,24)10-5-6-11(12(18)7-10)14-13(15(19)22)16-21(20-14)8-17(2,3)9-25-16;16-12-8-4-7-11-14(10-5-2-1-3-6-10)17-9-13(19)18-15(11)12/h5-7H,4,8-9H2,1-3H3,(H2,19,22);1-9H/p+1. The number of carbonyl (C=O) groups excluding carboxylic acids is 2. The van der Waals surface area contributed by atoms with E-state index >= 15 is 0 Å². The van der Waals surface area contributed by atoms with E-state index in [0.717, 1.165) is 11.6 Å². The fourth-order valence-corrected chi connectivity index (χ4v) is 5.79. The third kappa shape index (κ3) is 6.40. The lowest BCUT2D eigenvalue weighted by Crippen LogP contribution is -2.33. The van der Waals surface area contributed by atoms with Crippen molar-refractivity contribution < 1.29 is 31.5 Å². The lowest BCUT2D eigenvalue weighted by atomic mass is 9.94. The van der Waals surface area contributed by atoms with E-state index in [4.69, 9.17) is 10.5 Å². The van der Waals surface area contributed by atoms with Gasteiger partial charge in [-0.05, 0) is 42.5 Å². The Morgan fingerprint density at radius 3 is 2.47 bits per heavy atom. The molecule has 3 N–H and O–H groups in total. The largest absolute Gasteiger partial charge is 0.477 e. The van der Waals surface area contributed by atoms with Gasteiger partial charge in [-0.3, -0.25) is 9.59 Å². The first kappa shape index (κ1) is 31.3. The molecule has 2 amide bonds. The fraction of sp³-hybridized carbons (Fsp3) is 0.219. The van der Waals surface area contributed by atoms with Crippen LogP contribution in [0.15, 0.2) is 71.6 Å². The summed E-state index contributed by atoms with van der Waals surface area (Å²) < 4.78 is 63.7. The highest BCUT2D eigenvalue weighted by Crippen LogP contribution is 2.37. The van der Waals surface area contributed by atoms with Crippen molar-refractivity contribution in [3.8, 4) is 17.1 Å². The number of hydrogen-bond donors (Lipinski definition) is 2. The first-order chi connectivity index (χ1) is 21.3. The molecule has 3 aromatic carbocycles. The van der Waals surface area contributed by atoms with Gasteiger partial charge in [0, 0.05) is 11.0 Å². The summed E-state index contributed by atoms with van der Waals surface area (Å²) in [5, 5.41) is 6.82. The van der Waals surface area contributed by atoms with Crippen LogP contribution >= 0.6 is 0 Å². The van der Waals surface area contributed by atoms with Crippen LogP contribution in [0.1, 0.15) is 42.3 Å². The molecule has 0 atom stereocenters. The zero-order valence-corrected chi connectivity index (χ0v) is 25.5. The smallest absolute Gasteiger partial charge is 0.357 e. The Balaban J connectivity index is 0.000000186. The number of ether oxygens (including phenoxy) is 1. The number of sulfone groups is 1. The van der Waals surface area contributed by atoms with E-state index in [-0.39, 0.29) is 44.5 Å². The zero-order valence-electron chi connectivity index (χ0n) is 24.7. The molecule has 6 rings (SSSR count). The molecule has 13 heteroatoms. The van der Waals surface area contributed by atoms with Crippen LogP contribution in [-0.2, 0) is 21.2 Å². The first-order valence-corrected chi connectivity index (χ1v) is 15.6. The van der Waals surface area contributed by atoms with Crippen molar-refractivity contribution in [1.82, 2.24) is 14.4 Å². The summed E-state index contributed by atoms with van der Waals surface area (Å²) in [5.74, 6) is -2.42. The molecule has 45 heavy (non-hydrogen) atoms. The number of para-hydroxylation sites is 1. The number of nitrogens with zero attached hydrogens (tertiary/aromatic N) is 3. The van der Waals surface area contributed by atoms with Crippen molar-refractivity contribution in [1.29, 1.82) is 0 Å². The molecule has 232 valence electrons. The molecular formula is C32H30F2N5O5S+. The molecule has 0 saturated heterocycles. The molecule has 0 spiro atoms. The van der Waals surface area contributed by atoms with E-state index in [0.29, 0.717) is 24.4 Å². The minimum atomic E-state index is -3.55. The number of nitrogens with one attached hydrogen (secondary N) is 1. The number of hydrogen-bond acceptors (Lipinski definition) is 6. The molecule has 4 aromatic rings. The second-order valence-corrected chi connectivity index (χ2v) is 13.5. The molecule has 2 aliphatic heterocycles. The van der Waals surface area contributed by atoms with Gasteiger partial charge < -0.3 is 15.8 Å².